The minimum absolute atomic E-state index is 0.0476. The van der Waals surface area contributed by atoms with Gasteiger partial charge in [-0.1, -0.05) is 28.9 Å². The maximum Gasteiger partial charge on any atom is 0.230 e. The first-order chi connectivity index (χ1) is 14.1. The van der Waals surface area contributed by atoms with Gasteiger partial charge in [-0.2, -0.15) is 0 Å². The molecule has 1 amide bonds. The molecule has 0 heterocycles. The Kier molecular flexibility index (Phi) is 6.55. The van der Waals surface area contributed by atoms with Crippen molar-refractivity contribution in [1.82, 2.24) is 5.32 Å². The number of hydrogen-bond donors (Lipinski definition) is 1. The number of alkyl halides is 1. The Bertz CT molecular complexity index is 739. The Morgan fingerprint density at radius 3 is 2.93 bits per heavy atom. The summed E-state index contributed by atoms with van der Waals surface area (Å²) in [6.45, 7) is 3.93. The van der Waals surface area contributed by atoms with Crippen LogP contribution in [-0.2, 0) is 16.0 Å². The lowest BCUT2D eigenvalue weighted by molar-refractivity contribution is -0.118. The Morgan fingerprint density at radius 2 is 2.14 bits per heavy atom. The van der Waals surface area contributed by atoms with Crippen LogP contribution in [0, 0.1) is 17.3 Å². The summed E-state index contributed by atoms with van der Waals surface area (Å²) < 4.78 is 11.8. The van der Waals surface area contributed by atoms with E-state index in [4.69, 9.17) is 9.47 Å². The van der Waals surface area contributed by atoms with Crippen molar-refractivity contribution < 1.29 is 14.3 Å². The van der Waals surface area contributed by atoms with Crippen molar-refractivity contribution in [3.63, 3.8) is 0 Å². The summed E-state index contributed by atoms with van der Waals surface area (Å²) in [7, 11) is 1.76. The second kappa shape index (κ2) is 8.97. The molecule has 4 nitrogen and oxygen atoms in total. The Hall–Kier alpha value is -1.07. The second-order valence-electron chi connectivity index (χ2n) is 9.30. The summed E-state index contributed by atoms with van der Waals surface area (Å²) in [5.74, 6) is 3.31. The van der Waals surface area contributed by atoms with Crippen LogP contribution in [0.2, 0.25) is 0 Å². The van der Waals surface area contributed by atoms with Gasteiger partial charge in [0.05, 0.1) is 18.5 Å². The quantitative estimate of drug-likeness (QED) is 0.464. The van der Waals surface area contributed by atoms with Gasteiger partial charge < -0.3 is 14.8 Å². The number of carbonyl (C=O) groups excluding carboxylic acids is 1. The van der Waals surface area contributed by atoms with E-state index in [-0.39, 0.29) is 5.91 Å². The molecule has 29 heavy (non-hydrogen) atoms. The van der Waals surface area contributed by atoms with Crippen LogP contribution in [0.5, 0.6) is 5.75 Å². The number of nitrogens with one attached hydrogen (secondary N) is 1. The lowest BCUT2D eigenvalue weighted by atomic mass is 9.55. The van der Waals surface area contributed by atoms with E-state index in [1.54, 1.807) is 12.7 Å². The summed E-state index contributed by atoms with van der Waals surface area (Å²) in [5.41, 5.74) is 3.39. The largest absolute Gasteiger partial charge is 0.497 e. The van der Waals surface area contributed by atoms with Gasteiger partial charge in [0, 0.05) is 13.2 Å². The number of carbonyl (C=O) groups is 1. The fraction of sp³-hybridized carbons (Fsp3) is 0.708. The van der Waals surface area contributed by atoms with Crippen molar-refractivity contribution in [3.05, 3.63) is 29.3 Å². The summed E-state index contributed by atoms with van der Waals surface area (Å²) >= 11 is 3.18. The Labute approximate surface area is 183 Å². The van der Waals surface area contributed by atoms with Gasteiger partial charge in [-0.05, 0) is 91.4 Å². The zero-order valence-electron chi connectivity index (χ0n) is 17.7. The maximum absolute atomic E-state index is 11.3. The highest BCUT2D eigenvalue weighted by molar-refractivity contribution is 9.09. The molecule has 2 fully saturated rings. The number of rotatable bonds is 7. The average Bonchev–Trinajstić information content (AvgIpc) is 3.09. The van der Waals surface area contributed by atoms with Gasteiger partial charge in [0.15, 0.2) is 0 Å². The van der Waals surface area contributed by atoms with Gasteiger partial charge in [0.25, 0.3) is 0 Å². The Balaban J connectivity index is 1.37. The molecule has 5 heteroatoms. The minimum Gasteiger partial charge on any atom is -0.497 e. The zero-order chi connectivity index (χ0) is 20.4. The number of hydrogen-bond acceptors (Lipinski definition) is 3. The number of aryl methyl sites for hydroxylation is 1. The minimum atomic E-state index is 0.0476. The van der Waals surface area contributed by atoms with E-state index in [9.17, 15) is 4.79 Å². The van der Waals surface area contributed by atoms with Gasteiger partial charge >= 0.3 is 0 Å². The molecule has 4 rings (SSSR count). The second-order valence-corrected chi connectivity index (χ2v) is 9.86. The number of amides is 1. The van der Waals surface area contributed by atoms with E-state index in [1.165, 1.54) is 44.1 Å². The first kappa shape index (κ1) is 21.2. The van der Waals surface area contributed by atoms with Crippen molar-refractivity contribution in [2.24, 2.45) is 17.3 Å². The molecule has 1 aromatic carbocycles. The van der Waals surface area contributed by atoms with Gasteiger partial charge in [-0.3, -0.25) is 4.79 Å². The molecule has 3 aliphatic rings. The molecule has 0 aliphatic heterocycles. The molecule has 4 unspecified atom stereocenters. The van der Waals surface area contributed by atoms with Crippen LogP contribution >= 0.6 is 15.9 Å². The van der Waals surface area contributed by atoms with Crippen LogP contribution in [0.4, 0.5) is 0 Å². The highest BCUT2D eigenvalue weighted by Crippen LogP contribution is 2.61. The number of ether oxygens (including phenoxy) is 2. The Morgan fingerprint density at radius 1 is 1.28 bits per heavy atom. The molecule has 5 atom stereocenters. The SMILES string of the molecule is COc1ccc2c(c1)CCC1C2CC[C@]2(C)C(OCCCNC(=O)CBr)CCC12. The van der Waals surface area contributed by atoms with Crippen LogP contribution in [0.15, 0.2) is 18.2 Å². The van der Waals surface area contributed by atoms with Crippen molar-refractivity contribution in [2.45, 2.75) is 63.9 Å². The molecular formula is C24H34BrNO3. The summed E-state index contributed by atoms with van der Waals surface area (Å²) in [6.07, 6.45) is 8.76. The smallest absolute Gasteiger partial charge is 0.230 e. The van der Waals surface area contributed by atoms with E-state index in [0.717, 1.165) is 30.6 Å². The van der Waals surface area contributed by atoms with Crippen LogP contribution < -0.4 is 10.1 Å². The van der Waals surface area contributed by atoms with Gasteiger partial charge in [-0.15, -0.1) is 0 Å². The first-order valence-corrected chi connectivity index (χ1v) is 12.3. The fourth-order valence-corrected chi connectivity index (χ4v) is 6.68. The number of methoxy groups -OCH3 is 1. The standard InChI is InChI=1S/C24H34BrNO3/c1-24-11-10-19-18-7-5-17(28-2)14-16(18)4-6-20(19)21(24)8-9-22(24)29-13-3-12-26-23(27)15-25/h5,7,14,19-22H,3-4,6,8-13,15H2,1-2H3,(H,26,27)/t19?,20?,21?,22?,24-/m0/s1. The van der Waals surface area contributed by atoms with Crippen LogP contribution in [-0.4, -0.2) is 37.6 Å². The average molecular weight is 464 g/mol. The van der Waals surface area contributed by atoms with Crippen molar-refractivity contribution in [1.29, 1.82) is 0 Å². The third kappa shape index (κ3) is 4.10. The van der Waals surface area contributed by atoms with E-state index in [1.807, 2.05) is 0 Å². The third-order valence-corrected chi connectivity index (χ3v) is 8.44. The first-order valence-electron chi connectivity index (χ1n) is 11.2. The molecular weight excluding hydrogens is 430 g/mol. The normalized spacial score (nSPS) is 32.8. The van der Waals surface area contributed by atoms with Crippen molar-refractivity contribution >= 4 is 21.8 Å². The molecule has 0 saturated heterocycles. The van der Waals surface area contributed by atoms with Crippen molar-refractivity contribution in [3.8, 4) is 5.75 Å². The van der Waals surface area contributed by atoms with Crippen molar-refractivity contribution in [2.75, 3.05) is 25.6 Å². The number of halogens is 1. The van der Waals surface area contributed by atoms with E-state index in [2.05, 4.69) is 46.4 Å². The molecule has 0 radical (unpaired) electrons. The predicted molar refractivity (Wildman–Crippen MR) is 119 cm³/mol. The molecule has 1 aromatic rings. The molecule has 3 aliphatic carbocycles. The molecule has 2 saturated carbocycles. The number of fused-ring (bicyclic) bond motifs is 5. The predicted octanol–water partition coefficient (Wildman–Crippen LogP) is 4.84. The van der Waals surface area contributed by atoms with E-state index in [0.29, 0.717) is 29.3 Å². The molecule has 160 valence electrons. The van der Waals surface area contributed by atoms with Crippen LogP contribution in [0.3, 0.4) is 0 Å². The monoisotopic (exact) mass is 463 g/mol. The highest BCUT2D eigenvalue weighted by Gasteiger charge is 2.55. The van der Waals surface area contributed by atoms with Gasteiger partial charge in [-0.25, -0.2) is 0 Å². The third-order valence-electron chi connectivity index (χ3n) is 7.93. The molecule has 1 N–H and O–H groups in total. The lowest BCUT2D eigenvalue weighted by Gasteiger charge is -2.50. The van der Waals surface area contributed by atoms with E-state index >= 15 is 0 Å². The summed E-state index contributed by atoms with van der Waals surface area (Å²) in [4.78, 5) is 11.3. The fourth-order valence-electron chi connectivity index (χ4n) is 6.48. The molecule has 0 aromatic heterocycles. The maximum atomic E-state index is 11.3. The summed E-state index contributed by atoms with van der Waals surface area (Å²) in [5, 5.41) is 3.27. The van der Waals surface area contributed by atoms with Crippen LogP contribution in [0.1, 0.15) is 62.5 Å². The molecule has 0 spiro atoms. The van der Waals surface area contributed by atoms with Gasteiger partial charge in [0.1, 0.15) is 5.75 Å². The number of benzene rings is 1. The topological polar surface area (TPSA) is 47.6 Å². The van der Waals surface area contributed by atoms with Crippen LogP contribution in [0.25, 0.3) is 0 Å². The summed E-state index contributed by atoms with van der Waals surface area (Å²) in [6, 6.07) is 6.73. The molecule has 0 bridgehead atoms. The zero-order valence-corrected chi connectivity index (χ0v) is 19.3. The van der Waals surface area contributed by atoms with E-state index < -0.39 is 0 Å². The lowest BCUT2D eigenvalue weighted by Crippen LogP contribution is -2.44. The van der Waals surface area contributed by atoms with Gasteiger partial charge in [0.2, 0.25) is 5.91 Å². The highest BCUT2D eigenvalue weighted by atomic mass is 79.9.